The Hall–Kier alpha value is -3.26. The summed E-state index contributed by atoms with van der Waals surface area (Å²) in [4.78, 5) is 0. The van der Waals surface area contributed by atoms with Gasteiger partial charge in [0.1, 0.15) is 11.5 Å². The zero-order chi connectivity index (χ0) is 25.1. The zero-order valence-corrected chi connectivity index (χ0v) is 21.9. The SMILES string of the molecule is CCC1(CC)CCC2(CC1)c1ccccc1-c1c2cc(O)c2cc(OC)c(-c3ccc(C)cc3)cc12. The van der Waals surface area contributed by atoms with E-state index in [0.29, 0.717) is 11.2 Å². The molecule has 1 fully saturated rings. The molecule has 0 saturated heterocycles. The van der Waals surface area contributed by atoms with E-state index in [1.54, 1.807) is 7.11 Å². The molecule has 0 aliphatic heterocycles. The number of phenolic OH excluding ortho intramolecular Hbond substituents is 1. The Morgan fingerprint density at radius 2 is 1.47 bits per heavy atom. The number of aryl methyl sites for hydroxylation is 1. The quantitative estimate of drug-likeness (QED) is 0.318. The topological polar surface area (TPSA) is 29.5 Å². The predicted molar refractivity (Wildman–Crippen MR) is 150 cm³/mol. The number of hydrogen-bond acceptors (Lipinski definition) is 2. The molecule has 2 heteroatoms. The van der Waals surface area contributed by atoms with Gasteiger partial charge in [-0.05, 0) is 89.4 Å². The van der Waals surface area contributed by atoms with Crippen LogP contribution in [0.4, 0.5) is 0 Å². The molecule has 1 N–H and O–H groups in total. The summed E-state index contributed by atoms with van der Waals surface area (Å²) in [6, 6.07) is 23.9. The van der Waals surface area contributed by atoms with Crippen LogP contribution in [0.3, 0.4) is 0 Å². The average molecular weight is 477 g/mol. The fourth-order valence-corrected chi connectivity index (χ4v) is 7.19. The van der Waals surface area contributed by atoms with Crippen LogP contribution in [-0.4, -0.2) is 12.2 Å². The Morgan fingerprint density at radius 3 is 2.14 bits per heavy atom. The Labute approximate surface area is 215 Å². The molecule has 0 atom stereocenters. The number of benzene rings is 4. The first-order valence-electron chi connectivity index (χ1n) is 13.5. The van der Waals surface area contributed by atoms with Crippen molar-refractivity contribution in [3.05, 3.63) is 83.4 Å². The summed E-state index contributed by atoms with van der Waals surface area (Å²) in [7, 11) is 1.71. The molecule has 0 aromatic heterocycles. The predicted octanol–water partition coefficient (Wildman–Crippen LogP) is 9.18. The molecule has 1 saturated carbocycles. The molecular weight excluding hydrogens is 440 g/mol. The first kappa shape index (κ1) is 23.2. The van der Waals surface area contributed by atoms with Crippen LogP contribution < -0.4 is 4.74 Å². The van der Waals surface area contributed by atoms with Gasteiger partial charge in [-0.2, -0.15) is 0 Å². The lowest BCUT2D eigenvalue weighted by Gasteiger charge is -2.45. The Balaban J connectivity index is 1.62. The molecule has 0 radical (unpaired) electrons. The molecular formula is C34H36O2. The third kappa shape index (κ3) is 3.23. The second-order valence-corrected chi connectivity index (χ2v) is 11.1. The van der Waals surface area contributed by atoms with Crippen LogP contribution in [0.15, 0.2) is 66.7 Å². The van der Waals surface area contributed by atoms with Gasteiger partial charge >= 0.3 is 0 Å². The van der Waals surface area contributed by atoms with E-state index in [0.717, 1.165) is 40.5 Å². The molecule has 2 aliphatic rings. The third-order valence-corrected chi connectivity index (χ3v) is 9.69. The number of methoxy groups -OCH3 is 1. The molecule has 0 bridgehead atoms. The summed E-state index contributed by atoms with van der Waals surface area (Å²) in [6.07, 6.45) is 7.26. The highest BCUT2D eigenvalue weighted by Gasteiger charge is 2.49. The van der Waals surface area contributed by atoms with Gasteiger partial charge in [0, 0.05) is 16.4 Å². The zero-order valence-electron chi connectivity index (χ0n) is 21.9. The first-order valence-corrected chi connectivity index (χ1v) is 13.5. The van der Waals surface area contributed by atoms with E-state index in [2.05, 4.69) is 81.4 Å². The van der Waals surface area contributed by atoms with Crippen molar-refractivity contribution >= 4 is 10.8 Å². The van der Waals surface area contributed by atoms with Crippen molar-refractivity contribution in [2.24, 2.45) is 5.41 Å². The molecule has 0 unspecified atom stereocenters. The summed E-state index contributed by atoms with van der Waals surface area (Å²) >= 11 is 0. The highest BCUT2D eigenvalue weighted by Crippen LogP contribution is 2.62. The van der Waals surface area contributed by atoms with Gasteiger partial charge in [-0.1, -0.05) is 80.8 Å². The number of hydrogen-bond donors (Lipinski definition) is 1. The van der Waals surface area contributed by atoms with Gasteiger partial charge in [0.15, 0.2) is 0 Å². The molecule has 4 aromatic carbocycles. The average Bonchev–Trinajstić information content (AvgIpc) is 3.18. The second kappa shape index (κ2) is 8.40. The van der Waals surface area contributed by atoms with E-state index in [1.165, 1.54) is 53.5 Å². The maximum absolute atomic E-state index is 11.4. The number of phenols is 1. The van der Waals surface area contributed by atoms with Crippen LogP contribution in [0.25, 0.3) is 33.0 Å². The maximum Gasteiger partial charge on any atom is 0.127 e. The summed E-state index contributed by atoms with van der Waals surface area (Å²) in [5.74, 6) is 1.14. The van der Waals surface area contributed by atoms with Crippen molar-refractivity contribution in [3.8, 4) is 33.8 Å². The highest BCUT2D eigenvalue weighted by atomic mass is 16.5. The molecule has 36 heavy (non-hydrogen) atoms. The van der Waals surface area contributed by atoms with Gasteiger partial charge in [0.2, 0.25) is 0 Å². The van der Waals surface area contributed by atoms with E-state index >= 15 is 0 Å². The monoisotopic (exact) mass is 476 g/mol. The molecule has 0 heterocycles. The van der Waals surface area contributed by atoms with Crippen molar-refractivity contribution in [3.63, 3.8) is 0 Å². The number of rotatable bonds is 4. The first-order chi connectivity index (χ1) is 17.4. The largest absolute Gasteiger partial charge is 0.507 e. The molecule has 2 nitrogen and oxygen atoms in total. The van der Waals surface area contributed by atoms with E-state index in [9.17, 15) is 5.11 Å². The van der Waals surface area contributed by atoms with Gasteiger partial charge in [-0.25, -0.2) is 0 Å². The lowest BCUT2D eigenvalue weighted by molar-refractivity contribution is 0.133. The minimum Gasteiger partial charge on any atom is -0.507 e. The smallest absolute Gasteiger partial charge is 0.127 e. The minimum absolute atomic E-state index is 0.0185. The Kier molecular flexibility index (Phi) is 5.41. The number of fused-ring (bicyclic) bond motifs is 7. The van der Waals surface area contributed by atoms with E-state index < -0.39 is 0 Å². The van der Waals surface area contributed by atoms with Crippen molar-refractivity contribution < 1.29 is 9.84 Å². The van der Waals surface area contributed by atoms with Crippen molar-refractivity contribution in [1.82, 2.24) is 0 Å². The maximum atomic E-state index is 11.4. The van der Waals surface area contributed by atoms with Gasteiger partial charge in [-0.15, -0.1) is 0 Å². The van der Waals surface area contributed by atoms with Crippen LogP contribution in [0.2, 0.25) is 0 Å². The van der Waals surface area contributed by atoms with Crippen molar-refractivity contribution in [1.29, 1.82) is 0 Å². The Morgan fingerprint density at radius 1 is 0.778 bits per heavy atom. The van der Waals surface area contributed by atoms with E-state index in [1.807, 2.05) is 6.07 Å². The molecule has 1 spiro atoms. The number of aromatic hydroxyl groups is 1. The summed E-state index contributed by atoms with van der Waals surface area (Å²) in [5.41, 5.74) is 9.26. The van der Waals surface area contributed by atoms with Crippen molar-refractivity contribution in [2.75, 3.05) is 7.11 Å². The molecule has 2 aliphatic carbocycles. The summed E-state index contributed by atoms with van der Waals surface area (Å²) < 4.78 is 5.83. The van der Waals surface area contributed by atoms with Crippen molar-refractivity contribution in [2.45, 2.75) is 64.7 Å². The normalized spacial score (nSPS) is 17.2. The fraction of sp³-hybridized carbons (Fsp3) is 0.353. The third-order valence-electron chi connectivity index (χ3n) is 9.69. The van der Waals surface area contributed by atoms with Gasteiger partial charge in [-0.3, -0.25) is 0 Å². The highest BCUT2D eigenvalue weighted by molar-refractivity contribution is 6.07. The van der Waals surface area contributed by atoms with Crippen LogP contribution in [0.1, 0.15) is 69.1 Å². The standard InChI is InChI=1S/C34H36O2/c1-5-33(6-2)15-17-34(18-16-33)28-10-8-7-9-24(28)32-27-19-25(23-13-11-22(3)12-14-23)31(36-4)20-26(27)30(35)21-29(32)34/h7-14,19-21,35H,5-6,15-18H2,1-4H3. The van der Waals surface area contributed by atoms with Crippen LogP contribution >= 0.6 is 0 Å². The molecule has 6 rings (SSSR count). The fourth-order valence-electron chi connectivity index (χ4n) is 7.19. The molecule has 4 aromatic rings. The van der Waals surface area contributed by atoms with E-state index in [-0.39, 0.29) is 5.41 Å². The summed E-state index contributed by atoms with van der Waals surface area (Å²) in [6.45, 7) is 6.83. The summed E-state index contributed by atoms with van der Waals surface area (Å²) in [5, 5.41) is 13.4. The van der Waals surface area contributed by atoms with Crippen LogP contribution in [0, 0.1) is 12.3 Å². The lowest BCUT2D eigenvalue weighted by atomic mass is 9.58. The van der Waals surface area contributed by atoms with Gasteiger partial charge < -0.3 is 9.84 Å². The minimum atomic E-state index is -0.0185. The van der Waals surface area contributed by atoms with Gasteiger partial charge in [0.05, 0.1) is 7.11 Å². The second-order valence-electron chi connectivity index (χ2n) is 11.1. The van der Waals surface area contributed by atoms with Crippen LogP contribution in [-0.2, 0) is 5.41 Å². The van der Waals surface area contributed by atoms with E-state index in [4.69, 9.17) is 4.74 Å². The van der Waals surface area contributed by atoms with Gasteiger partial charge in [0.25, 0.3) is 0 Å². The number of ether oxygens (including phenoxy) is 1. The molecule has 184 valence electrons. The van der Waals surface area contributed by atoms with Crippen LogP contribution in [0.5, 0.6) is 11.5 Å². The molecule has 0 amide bonds. The Bertz CT molecular complexity index is 1450. The lowest BCUT2D eigenvalue weighted by Crippen LogP contribution is -2.36.